The van der Waals surface area contributed by atoms with Gasteiger partial charge in [-0.05, 0) is 18.8 Å². The number of amides is 1. The zero-order valence-electron chi connectivity index (χ0n) is 9.31. The van der Waals surface area contributed by atoms with Gasteiger partial charge in [0.2, 0.25) is 0 Å². The zero-order chi connectivity index (χ0) is 11.1. The first-order valence-electron chi connectivity index (χ1n) is 5.78. The molecule has 5 heteroatoms. The van der Waals surface area contributed by atoms with Gasteiger partial charge in [0.1, 0.15) is 0 Å². The van der Waals surface area contributed by atoms with Gasteiger partial charge in [0.05, 0.1) is 11.8 Å². The van der Waals surface area contributed by atoms with Gasteiger partial charge >= 0.3 is 0 Å². The number of aromatic amines is 1. The van der Waals surface area contributed by atoms with E-state index in [2.05, 4.69) is 22.4 Å². The van der Waals surface area contributed by atoms with Crippen LogP contribution in [0.25, 0.3) is 0 Å². The first-order valence-corrected chi connectivity index (χ1v) is 5.78. The third-order valence-electron chi connectivity index (χ3n) is 3.94. The molecule has 0 saturated carbocycles. The van der Waals surface area contributed by atoms with Crippen LogP contribution in [-0.2, 0) is 0 Å². The second kappa shape index (κ2) is 3.59. The normalized spacial score (nSPS) is 33.1. The monoisotopic (exact) mass is 220 g/mol. The summed E-state index contributed by atoms with van der Waals surface area (Å²) in [6.07, 6.45) is 3.27. The molecular weight excluding hydrogens is 204 g/mol. The van der Waals surface area contributed by atoms with Crippen molar-refractivity contribution in [2.75, 3.05) is 19.6 Å². The van der Waals surface area contributed by atoms with Crippen molar-refractivity contribution in [1.29, 1.82) is 0 Å². The fourth-order valence-corrected chi connectivity index (χ4v) is 2.97. The molecule has 3 atom stereocenters. The Morgan fingerprint density at radius 1 is 1.56 bits per heavy atom. The summed E-state index contributed by atoms with van der Waals surface area (Å²) in [5, 5.41) is 9.91. The molecule has 0 spiro atoms. The number of fused-ring (bicyclic) bond motifs is 1. The highest BCUT2D eigenvalue weighted by atomic mass is 16.2. The lowest BCUT2D eigenvalue weighted by atomic mass is 9.95. The van der Waals surface area contributed by atoms with E-state index < -0.39 is 0 Å². The van der Waals surface area contributed by atoms with Crippen LogP contribution in [0.4, 0.5) is 0 Å². The number of hydrogen-bond acceptors (Lipinski definition) is 3. The minimum absolute atomic E-state index is 0.107. The van der Waals surface area contributed by atoms with Crippen molar-refractivity contribution in [1.82, 2.24) is 20.4 Å². The quantitative estimate of drug-likeness (QED) is 0.705. The van der Waals surface area contributed by atoms with Crippen LogP contribution in [0.1, 0.15) is 17.3 Å². The molecule has 1 aromatic rings. The summed E-state index contributed by atoms with van der Waals surface area (Å²) in [5.74, 6) is 1.36. The average molecular weight is 220 g/mol. The second-order valence-corrected chi connectivity index (χ2v) is 4.77. The molecule has 2 saturated heterocycles. The van der Waals surface area contributed by atoms with Gasteiger partial charge in [0, 0.05) is 31.9 Å². The Labute approximate surface area is 94.2 Å². The van der Waals surface area contributed by atoms with Gasteiger partial charge in [0.15, 0.2) is 0 Å². The molecule has 3 heterocycles. The molecule has 3 unspecified atom stereocenters. The third-order valence-corrected chi connectivity index (χ3v) is 3.94. The van der Waals surface area contributed by atoms with E-state index in [4.69, 9.17) is 0 Å². The minimum Gasteiger partial charge on any atom is -0.335 e. The maximum atomic E-state index is 12.2. The van der Waals surface area contributed by atoms with E-state index in [1.54, 1.807) is 12.4 Å². The Balaban J connectivity index is 1.79. The van der Waals surface area contributed by atoms with Gasteiger partial charge in [-0.15, -0.1) is 0 Å². The highest BCUT2D eigenvalue weighted by molar-refractivity contribution is 5.94. The highest BCUT2D eigenvalue weighted by Crippen LogP contribution is 2.32. The van der Waals surface area contributed by atoms with Crippen LogP contribution in [0.3, 0.4) is 0 Å². The van der Waals surface area contributed by atoms with E-state index in [0.717, 1.165) is 19.6 Å². The third kappa shape index (κ3) is 1.35. The molecule has 1 amide bonds. The van der Waals surface area contributed by atoms with Crippen LogP contribution in [0.15, 0.2) is 12.4 Å². The molecule has 2 aliphatic heterocycles. The Bertz CT molecular complexity index is 389. The van der Waals surface area contributed by atoms with Crippen molar-refractivity contribution in [3.8, 4) is 0 Å². The number of likely N-dealkylation sites (tertiary alicyclic amines) is 1. The number of aromatic nitrogens is 2. The van der Waals surface area contributed by atoms with Crippen LogP contribution in [0.5, 0.6) is 0 Å². The molecule has 3 rings (SSSR count). The van der Waals surface area contributed by atoms with E-state index in [0.29, 0.717) is 23.4 Å². The van der Waals surface area contributed by atoms with Crippen LogP contribution < -0.4 is 5.32 Å². The maximum Gasteiger partial charge on any atom is 0.257 e. The lowest BCUT2D eigenvalue weighted by molar-refractivity contribution is 0.0728. The second-order valence-electron chi connectivity index (χ2n) is 4.77. The summed E-state index contributed by atoms with van der Waals surface area (Å²) in [5.41, 5.74) is 0.666. The van der Waals surface area contributed by atoms with Crippen molar-refractivity contribution in [2.24, 2.45) is 11.8 Å². The van der Waals surface area contributed by atoms with Gasteiger partial charge in [-0.25, -0.2) is 0 Å². The number of H-pyrrole nitrogens is 1. The van der Waals surface area contributed by atoms with Crippen LogP contribution >= 0.6 is 0 Å². The molecule has 1 aromatic heterocycles. The smallest absolute Gasteiger partial charge is 0.257 e. The predicted molar refractivity (Wildman–Crippen MR) is 58.9 cm³/mol. The summed E-state index contributed by atoms with van der Waals surface area (Å²) in [6.45, 7) is 5.11. The molecule has 2 aliphatic rings. The highest BCUT2D eigenvalue weighted by Gasteiger charge is 2.43. The lowest BCUT2D eigenvalue weighted by Crippen LogP contribution is -2.37. The fraction of sp³-hybridized carbons (Fsp3) is 0.636. The number of nitrogens with one attached hydrogen (secondary N) is 2. The van der Waals surface area contributed by atoms with Gasteiger partial charge < -0.3 is 10.2 Å². The SMILES string of the molecule is CC1C2CNCC2CN1C(=O)c1cn[nH]c1. The Kier molecular flexibility index (Phi) is 2.21. The number of rotatable bonds is 1. The van der Waals surface area contributed by atoms with Crippen molar-refractivity contribution >= 4 is 5.91 Å². The molecule has 2 fully saturated rings. The summed E-state index contributed by atoms with van der Waals surface area (Å²) in [6, 6.07) is 0.336. The lowest BCUT2D eigenvalue weighted by Gasteiger charge is -2.23. The number of carbonyl (C=O) groups excluding carboxylic acids is 1. The van der Waals surface area contributed by atoms with Crippen molar-refractivity contribution < 1.29 is 4.79 Å². The molecular formula is C11H16N4O. The molecule has 0 radical (unpaired) electrons. The first kappa shape index (κ1) is 9.84. The molecule has 2 N–H and O–H groups in total. The largest absolute Gasteiger partial charge is 0.335 e. The molecule has 0 bridgehead atoms. The van der Waals surface area contributed by atoms with Crippen LogP contribution in [0, 0.1) is 11.8 Å². The van der Waals surface area contributed by atoms with Gasteiger partial charge in [0.25, 0.3) is 5.91 Å². The van der Waals surface area contributed by atoms with Crippen molar-refractivity contribution in [3.63, 3.8) is 0 Å². The summed E-state index contributed by atoms with van der Waals surface area (Å²) in [7, 11) is 0. The summed E-state index contributed by atoms with van der Waals surface area (Å²) < 4.78 is 0. The summed E-state index contributed by atoms with van der Waals surface area (Å²) >= 11 is 0. The first-order chi connectivity index (χ1) is 7.77. The molecule has 16 heavy (non-hydrogen) atoms. The Morgan fingerprint density at radius 2 is 2.44 bits per heavy atom. The van der Waals surface area contributed by atoms with Gasteiger partial charge in [-0.3, -0.25) is 9.89 Å². The average Bonchev–Trinajstić information content (AvgIpc) is 2.95. The zero-order valence-corrected chi connectivity index (χ0v) is 9.31. The van der Waals surface area contributed by atoms with E-state index in [-0.39, 0.29) is 5.91 Å². The van der Waals surface area contributed by atoms with E-state index >= 15 is 0 Å². The fourth-order valence-electron chi connectivity index (χ4n) is 2.97. The van der Waals surface area contributed by atoms with Crippen molar-refractivity contribution in [3.05, 3.63) is 18.0 Å². The van der Waals surface area contributed by atoms with Crippen LogP contribution in [-0.4, -0.2) is 46.7 Å². The van der Waals surface area contributed by atoms with E-state index in [9.17, 15) is 4.79 Å². The van der Waals surface area contributed by atoms with Crippen molar-refractivity contribution in [2.45, 2.75) is 13.0 Å². The predicted octanol–water partition coefficient (Wildman–Crippen LogP) is 0.0896. The molecule has 0 aromatic carbocycles. The minimum atomic E-state index is 0.107. The van der Waals surface area contributed by atoms with E-state index in [1.807, 2.05) is 4.90 Å². The van der Waals surface area contributed by atoms with E-state index in [1.165, 1.54) is 0 Å². The molecule has 86 valence electrons. The standard InChI is InChI=1S/C11H16N4O/c1-7-10-5-12-2-9(10)6-15(7)11(16)8-3-13-14-4-8/h3-4,7,9-10,12H,2,5-6H2,1H3,(H,13,14). The molecule has 0 aliphatic carbocycles. The molecule has 5 nitrogen and oxygen atoms in total. The van der Waals surface area contributed by atoms with Crippen LogP contribution in [0.2, 0.25) is 0 Å². The Hall–Kier alpha value is -1.36. The summed E-state index contributed by atoms with van der Waals surface area (Å²) in [4.78, 5) is 14.2. The number of nitrogens with zero attached hydrogens (tertiary/aromatic N) is 2. The van der Waals surface area contributed by atoms with Gasteiger partial charge in [-0.2, -0.15) is 5.10 Å². The number of carbonyl (C=O) groups is 1. The topological polar surface area (TPSA) is 61.0 Å². The number of hydrogen-bond donors (Lipinski definition) is 2. The van der Waals surface area contributed by atoms with Gasteiger partial charge in [-0.1, -0.05) is 0 Å². The Morgan fingerprint density at radius 3 is 3.12 bits per heavy atom. The maximum absolute atomic E-state index is 12.2.